The van der Waals surface area contributed by atoms with Gasteiger partial charge in [0, 0.05) is 29.6 Å². The molecule has 0 fully saturated rings. The minimum Gasteiger partial charge on any atom is -0.312 e. The third-order valence-corrected chi connectivity index (χ3v) is 3.25. The highest BCUT2D eigenvalue weighted by atomic mass is 35.5. The average Bonchev–Trinajstić information content (AvgIpc) is 2.28. The van der Waals surface area contributed by atoms with Crippen molar-refractivity contribution in [2.75, 3.05) is 0 Å². The van der Waals surface area contributed by atoms with Crippen LogP contribution in [0, 0.1) is 0 Å². The molecule has 0 aromatic carbocycles. The van der Waals surface area contributed by atoms with Crippen LogP contribution in [0.4, 0.5) is 0 Å². The van der Waals surface area contributed by atoms with Crippen LogP contribution in [0.1, 0.15) is 51.8 Å². The highest BCUT2D eigenvalue weighted by Crippen LogP contribution is 2.21. The number of carbonyl (C=O) groups is 1. The van der Waals surface area contributed by atoms with E-state index in [2.05, 4.69) is 20.8 Å². The van der Waals surface area contributed by atoms with Crippen LogP contribution in [0.2, 0.25) is 0 Å². The molecule has 1 heterocycles. The first-order valence-electron chi connectivity index (χ1n) is 6.69. The van der Waals surface area contributed by atoms with Gasteiger partial charge in [-0.15, -0.1) is 0 Å². The van der Waals surface area contributed by atoms with E-state index in [0.717, 1.165) is 12.1 Å². The molecule has 106 valence electrons. The zero-order valence-electron chi connectivity index (χ0n) is 12.1. The monoisotopic (exact) mass is 283 g/mol. The number of aryl methyl sites for hydroxylation is 1. The van der Waals surface area contributed by atoms with Crippen molar-refractivity contribution in [1.82, 2.24) is 4.57 Å². The summed E-state index contributed by atoms with van der Waals surface area (Å²) in [5.41, 5.74) is 1.62. The van der Waals surface area contributed by atoms with Crippen LogP contribution in [0.3, 0.4) is 0 Å². The van der Waals surface area contributed by atoms with E-state index >= 15 is 0 Å². The van der Waals surface area contributed by atoms with Gasteiger partial charge < -0.3 is 4.57 Å². The highest BCUT2D eigenvalue weighted by molar-refractivity contribution is 6.63. The van der Waals surface area contributed by atoms with Crippen molar-refractivity contribution < 1.29 is 4.79 Å². The van der Waals surface area contributed by atoms with Crippen molar-refractivity contribution in [2.24, 2.45) is 0 Å². The molecule has 0 bridgehead atoms. The summed E-state index contributed by atoms with van der Waals surface area (Å²) in [6, 6.07) is 3.82. The Morgan fingerprint density at radius 3 is 2.42 bits per heavy atom. The molecule has 0 N–H and O–H groups in total. The van der Waals surface area contributed by atoms with Crippen LogP contribution < -0.4 is 5.56 Å². The van der Waals surface area contributed by atoms with E-state index in [1.165, 1.54) is 0 Å². The van der Waals surface area contributed by atoms with Gasteiger partial charge in [-0.1, -0.05) is 33.8 Å². The van der Waals surface area contributed by atoms with Gasteiger partial charge in [0.2, 0.25) is 5.24 Å². The third-order valence-electron chi connectivity index (χ3n) is 3.06. The summed E-state index contributed by atoms with van der Waals surface area (Å²) >= 11 is 5.34. The number of nitrogens with zero attached hydrogens (tertiary/aromatic N) is 1. The van der Waals surface area contributed by atoms with Crippen molar-refractivity contribution in [2.45, 2.75) is 58.9 Å². The molecule has 0 amide bonds. The predicted octanol–water partition coefficient (Wildman–Crippen LogP) is 3.25. The van der Waals surface area contributed by atoms with Crippen molar-refractivity contribution in [3.63, 3.8) is 0 Å². The first-order chi connectivity index (χ1) is 8.77. The van der Waals surface area contributed by atoms with Crippen molar-refractivity contribution in [1.29, 1.82) is 0 Å². The van der Waals surface area contributed by atoms with E-state index in [1.54, 1.807) is 0 Å². The first-order valence-corrected chi connectivity index (χ1v) is 7.06. The van der Waals surface area contributed by atoms with Gasteiger partial charge in [-0.05, 0) is 30.5 Å². The number of carbonyl (C=O) groups excluding carboxylic acids is 1. The van der Waals surface area contributed by atoms with E-state index in [-0.39, 0.29) is 17.4 Å². The molecular weight excluding hydrogens is 262 g/mol. The Balaban J connectivity index is 3.23. The maximum atomic E-state index is 12.4. The molecule has 0 spiro atoms. The van der Waals surface area contributed by atoms with Crippen LogP contribution in [0.15, 0.2) is 16.9 Å². The molecule has 0 saturated carbocycles. The molecule has 0 aliphatic heterocycles. The maximum Gasteiger partial charge on any atom is 0.253 e. The van der Waals surface area contributed by atoms with E-state index in [4.69, 9.17) is 11.6 Å². The zero-order chi connectivity index (χ0) is 14.6. The topological polar surface area (TPSA) is 39.1 Å². The molecule has 0 aliphatic rings. The Hall–Kier alpha value is -1.09. The van der Waals surface area contributed by atoms with Gasteiger partial charge in [-0.25, -0.2) is 0 Å². The largest absolute Gasteiger partial charge is 0.312 e. The smallest absolute Gasteiger partial charge is 0.253 e. The molecule has 3 nitrogen and oxygen atoms in total. The molecule has 0 saturated heterocycles. The SMILES string of the molecule is CCCn1c(C(C)(C)C)ccc(CCC(=O)Cl)c1=O. The first kappa shape index (κ1) is 16.0. The van der Waals surface area contributed by atoms with Gasteiger partial charge in [-0.2, -0.15) is 0 Å². The van der Waals surface area contributed by atoms with Gasteiger partial charge in [0.25, 0.3) is 5.56 Å². The Labute approximate surface area is 119 Å². The molecular formula is C15H22ClNO2. The number of halogens is 1. The van der Waals surface area contributed by atoms with Gasteiger partial charge >= 0.3 is 0 Å². The highest BCUT2D eigenvalue weighted by Gasteiger charge is 2.19. The number of rotatable bonds is 5. The van der Waals surface area contributed by atoms with Crippen LogP contribution in [0.25, 0.3) is 0 Å². The quantitative estimate of drug-likeness (QED) is 0.778. The normalized spacial score (nSPS) is 11.6. The Morgan fingerprint density at radius 1 is 1.32 bits per heavy atom. The van der Waals surface area contributed by atoms with Gasteiger partial charge in [-0.3, -0.25) is 9.59 Å². The fraction of sp³-hybridized carbons (Fsp3) is 0.600. The van der Waals surface area contributed by atoms with E-state index in [9.17, 15) is 9.59 Å². The fourth-order valence-corrected chi connectivity index (χ4v) is 2.24. The van der Waals surface area contributed by atoms with Crippen molar-refractivity contribution in [3.8, 4) is 0 Å². The fourth-order valence-electron chi connectivity index (χ4n) is 2.15. The van der Waals surface area contributed by atoms with E-state index in [1.807, 2.05) is 23.6 Å². The van der Waals surface area contributed by atoms with E-state index in [0.29, 0.717) is 18.5 Å². The summed E-state index contributed by atoms with van der Waals surface area (Å²) < 4.78 is 1.83. The predicted molar refractivity (Wildman–Crippen MR) is 78.9 cm³/mol. The molecule has 0 unspecified atom stereocenters. The standard InChI is InChI=1S/C15H22ClNO2/c1-5-10-17-12(15(2,3)4)8-6-11(14(17)19)7-9-13(16)18/h6,8H,5,7,9-10H2,1-4H3. The second kappa shape index (κ2) is 6.38. The average molecular weight is 284 g/mol. The lowest BCUT2D eigenvalue weighted by molar-refractivity contribution is -0.111. The molecule has 1 aromatic rings. The van der Waals surface area contributed by atoms with Crippen molar-refractivity contribution >= 4 is 16.8 Å². The Kier molecular flexibility index (Phi) is 5.36. The summed E-state index contributed by atoms with van der Waals surface area (Å²) in [7, 11) is 0. The number of hydrogen-bond donors (Lipinski definition) is 0. The van der Waals surface area contributed by atoms with Gasteiger partial charge in [0.15, 0.2) is 0 Å². The Bertz CT molecular complexity index is 512. The second-order valence-corrected chi connectivity index (χ2v) is 6.23. The molecule has 0 radical (unpaired) electrons. The molecule has 0 aliphatic carbocycles. The van der Waals surface area contributed by atoms with E-state index < -0.39 is 5.24 Å². The molecule has 0 atom stereocenters. The minimum absolute atomic E-state index is 0.00666. The lowest BCUT2D eigenvalue weighted by Crippen LogP contribution is -2.31. The maximum absolute atomic E-state index is 12.4. The Morgan fingerprint density at radius 2 is 1.95 bits per heavy atom. The zero-order valence-corrected chi connectivity index (χ0v) is 12.9. The van der Waals surface area contributed by atoms with Crippen LogP contribution >= 0.6 is 11.6 Å². The number of pyridine rings is 1. The lowest BCUT2D eigenvalue weighted by Gasteiger charge is -2.24. The number of aromatic nitrogens is 1. The summed E-state index contributed by atoms with van der Waals surface area (Å²) in [6.45, 7) is 9.03. The summed E-state index contributed by atoms with van der Waals surface area (Å²) in [4.78, 5) is 23.3. The second-order valence-electron chi connectivity index (χ2n) is 5.81. The molecule has 1 aromatic heterocycles. The number of hydrogen-bond acceptors (Lipinski definition) is 2. The van der Waals surface area contributed by atoms with Gasteiger partial charge in [0.1, 0.15) is 0 Å². The summed E-state index contributed by atoms with van der Waals surface area (Å²) in [5.74, 6) is 0. The molecule has 4 heteroatoms. The van der Waals surface area contributed by atoms with Crippen molar-refractivity contribution in [3.05, 3.63) is 33.7 Å². The third kappa shape index (κ3) is 4.20. The molecule has 1 rings (SSSR count). The van der Waals surface area contributed by atoms with Crippen LogP contribution in [0.5, 0.6) is 0 Å². The van der Waals surface area contributed by atoms with Crippen LogP contribution in [-0.2, 0) is 23.2 Å². The van der Waals surface area contributed by atoms with Gasteiger partial charge in [0.05, 0.1) is 0 Å². The lowest BCUT2D eigenvalue weighted by atomic mass is 9.90. The van der Waals surface area contributed by atoms with Crippen LogP contribution in [-0.4, -0.2) is 9.81 Å². The minimum atomic E-state index is -0.402. The summed E-state index contributed by atoms with van der Waals surface area (Å²) in [5, 5.41) is -0.402. The summed E-state index contributed by atoms with van der Waals surface area (Å²) in [6.07, 6.45) is 1.52. The molecule has 19 heavy (non-hydrogen) atoms.